The number of oxime groups is 1. The fourth-order valence-electron chi connectivity index (χ4n) is 2.27. The molecule has 2 rings (SSSR count). The number of carbonyl (C=O) groups is 1. The summed E-state index contributed by atoms with van der Waals surface area (Å²) < 4.78 is 16.9. The maximum atomic E-state index is 12.2. The van der Waals surface area contributed by atoms with Crippen LogP contribution in [-0.4, -0.2) is 44.6 Å². The molecule has 0 aliphatic carbocycles. The number of carbonyl (C=O) groups excluding carboxylic acids is 1. The van der Waals surface area contributed by atoms with Gasteiger partial charge in [-0.1, -0.05) is 5.16 Å². The molecule has 0 N–H and O–H groups in total. The number of hydrogen-bond donors (Lipinski definition) is 0. The third kappa shape index (κ3) is 4.17. The molecule has 23 heavy (non-hydrogen) atoms. The first kappa shape index (κ1) is 18.1. The summed E-state index contributed by atoms with van der Waals surface area (Å²) in [6.45, 7) is 3.62. The lowest BCUT2D eigenvalue weighted by atomic mass is 9.98. The molecule has 0 saturated heterocycles. The van der Waals surface area contributed by atoms with Gasteiger partial charge in [0.1, 0.15) is 16.6 Å². The van der Waals surface area contributed by atoms with Crippen molar-refractivity contribution < 1.29 is 18.6 Å². The highest BCUT2D eigenvalue weighted by Gasteiger charge is 2.43. The standard InChI is InChI=1S/C15H19BrN2O4S/c1-4-21-14(19)15(2,23(3)20)8-11-7-13(18-22-11)12-6-5-10(16)9-17-12/h5-6,9,11H,4,7-8H2,1-3H3. The van der Waals surface area contributed by atoms with E-state index in [1.165, 1.54) is 6.26 Å². The maximum absolute atomic E-state index is 12.2. The Hall–Kier alpha value is -1.28. The van der Waals surface area contributed by atoms with Gasteiger partial charge >= 0.3 is 5.97 Å². The lowest BCUT2D eigenvalue weighted by Crippen LogP contribution is -2.44. The van der Waals surface area contributed by atoms with Gasteiger partial charge in [0.2, 0.25) is 0 Å². The van der Waals surface area contributed by atoms with Crippen LogP contribution in [0, 0.1) is 0 Å². The van der Waals surface area contributed by atoms with Crippen LogP contribution in [0.5, 0.6) is 0 Å². The van der Waals surface area contributed by atoms with Crippen LogP contribution >= 0.6 is 15.9 Å². The van der Waals surface area contributed by atoms with Gasteiger partial charge in [0.25, 0.3) is 0 Å². The number of ether oxygens (including phenoxy) is 1. The third-order valence-electron chi connectivity index (χ3n) is 3.71. The zero-order valence-electron chi connectivity index (χ0n) is 13.2. The number of rotatable bonds is 6. The summed E-state index contributed by atoms with van der Waals surface area (Å²) in [4.78, 5) is 21.9. The molecule has 0 bridgehead atoms. The van der Waals surface area contributed by atoms with Gasteiger partial charge in [-0.3, -0.25) is 14.0 Å². The van der Waals surface area contributed by atoms with Gasteiger partial charge in [-0.25, -0.2) is 0 Å². The number of halogens is 1. The molecular weight excluding hydrogens is 384 g/mol. The molecule has 2 heterocycles. The number of hydrogen-bond acceptors (Lipinski definition) is 6. The first-order chi connectivity index (χ1) is 10.9. The molecule has 6 nitrogen and oxygen atoms in total. The van der Waals surface area contributed by atoms with Crippen molar-refractivity contribution in [2.24, 2.45) is 5.16 Å². The molecule has 0 saturated carbocycles. The summed E-state index contributed by atoms with van der Waals surface area (Å²) in [7, 11) is -1.38. The van der Waals surface area contributed by atoms with E-state index in [9.17, 15) is 9.00 Å². The summed E-state index contributed by atoms with van der Waals surface area (Å²) in [6, 6.07) is 3.72. The summed E-state index contributed by atoms with van der Waals surface area (Å²) in [5, 5.41) is 4.05. The first-order valence-electron chi connectivity index (χ1n) is 7.22. The lowest BCUT2D eigenvalue weighted by molar-refractivity contribution is -0.146. The van der Waals surface area contributed by atoms with Gasteiger partial charge in [0, 0.05) is 40.6 Å². The van der Waals surface area contributed by atoms with E-state index in [0.717, 1.165) is 15.9 Å². The molecule has 0 radical (unpaired) electrons. The van der Waals surface area contributed by atoms with Crippen molar-refractivity contribution in [3.8, 4) is 0 Å². The quantitative estimate of drug-likeness (QED) is 0.682. The van der Waals surface area contributed by atoms with E-state index in [2.05, 4.69) is 26.1 Å². The average molecular weight is 403 g/mol. The molecule has 8 heteroatoms. The van der Waals surface area contributed by atoms with Crippen LogP contribution in [0.2, 0.25) is 0 Å². The summed E-state index contributed by atoms with van der Waals surface area (Å²) in [6.07, 6.45) is 3.66. The van der Waals surface area contributed by atoms with Crippen molar-refractivity contribution in [2.45, 2.75) is 37.5 Å². The van der Waals surface area contributed by atoms with Gasteiger partial charge in [0.15, 0.2) is 0 Å². The third-order valence-corrected chi connectivity index (χ3v) is 5.79. The molecular formula is C15H19BrN2O4S. The Kier molecular flexibility index (Phi) is 5.91. The van der Waals surface area contributed by atoms with E-state index in [-0.39, 0.29) is 19.1 Å². The highest BCUT2D eigenvalue weighted by atomic mass is 79.9. The van der Waals surface area contributed by atoms with E-state index in [1.807, 2.05) is 12.1 Å². The monoisotopic (exact) mass is 402 g/mol. The topological polar surface area (TPSA) is 77.8 Å². The van der Waals surface area contributed by atoms with E-state index >= 15 is 0 Å². The number of pyridine rings is 1. The number of nitrogens with zero attached hydrogens (tertiary/aromatic N) is 2. The van der Waals surface area contributed by atoms with E-state index < -0.39 is 21.5 Å². The minimum atomic E-state index is -1.38. The van der Waals surface area contributed by atoms with Crippen molar-refractivity contribution >= 4 is 38.4 Å². The van der Waals surface area contributed by atoms with Crippen LogP contribution in [-0.2, 0) is 25.2 Å². The van der Waals surface area contributed by atoms with Crippen molar-refractivity contribution in [3.63, 3.8) is 0 Å². The van der Waals surface area contributed by atoms with Crippen LogP contribution in [0.1, 0.15) is 32.4 Å². The summed E-state index contributed by atoms with van der Waals surface area (Å²) in [5.74, 6) is -0.473. The van der Waals surface area contributed by atoms with Gasteiger partial charge in [-0.15, -0.1) is 0 Å². The van der Waals surface area contributed by atoms with E-state index in [1.54, 1.807) is 20.0 Å². The van der Waals surface area contributed by atoms with Crippen LogP contribution in [0.4, 0.5) is 0 Å². The number of esters is 1. The van der Waals surface area contributed by atoms with Crippen LogP contribution in [0.3, 0.4) is 0 Å². The second-order valence-corrected chi connectivity index (χ2v) is 8.17. The Morgan fingerprint density at radius 2 is 2.30 bits per heavy atom. The highest BCUT2D eigenvalue weighted by Crippen LogP contribution is 2.28. The molecule has 0 aromatic carbocycles. The van der Waals surface area contributed by atoms with Crippen LogP contribution in [0.15, 0.2) is 28.0 Å². The molecule has 1 aromatic heterocycles. The fraction of sp³-hybridized carbons (Fsp3) is 0.533. The van der Waals surface area contributed by atoms with Gasteiger partial charge < -0.3 is 9.57 Å². The maximum Gasteiger partial charge on any atom is 0.324 e. The Morgan fingerprint density at radius 3 is 2.87 bits per heavy atom. The Bertz CT molecular complexity index is 635. The smallest absolute Gasteiger partial charge is 0.324 e. The summed E-state index contributed by atoms with van der Waals surface area (Å²) in [5.41, 5.74) is 1.45. The normalized spacial score (nSPS) is 21.0. The van der Waals surface area contributed by atoms with Crippen LogP contribution < -0.4 is 0 Å². The number of aromatic nitrogens is 1. The molecule has 0 spiro atoms. The second kappa shape index (κ2) is 7.53. The zero-order chi connectivity index (χ0) is 17.0. The average Bonchev–Trinajstić information content (AvgIpc) is 2.96. The van der Waals surface area contributed by atoms with Gasteiger partial charge in [-0.2, -0.15) is 0 Å². The van der Waals surface area contributed by atoms with Crippen LogP contribution in [0.25, 0.3) is 0 Å². The molecule has 1 aliphatic rings. The lowest BCUT2D eigenvalue weighted by Gasteiger charge is -2.26. The molecule has 3 unspecified atom stereocenters. The predicted octanol–water partition coefficient (Wildman–Crippen LogP) is 2.43. The molecule has 0 amide bonds. The molecule has 3 atom stereocenters. The largest absolute Gasteiger partial charge is 0.465 e. The van der Waals surface area contributed by atoms with Crippen molar-refractivity contribution in [1.29, 1.82) is 0 Å². The minimum absolute atomic E-state index is 0.252. The molecule has 126 valence electrons. The SMILES string of the molecule is CCOC(=O)C(C)(CC1CC(c2ccc(Br)cn2)=NO1)S(C)=O. The predicted molar refractivity (Wildman–Crippen MR) is 91.7 cm³/mol. The van der Waals surface area contributed by atoms with Crippen molar-refractivity contribution in [2.75, 3.05) is 12.9 Å². The molecule has 0 fully saturated rings. The Morgan fingerprint density at radius 1 is 1.57 bits per heavy atom. The Labute approximate surface area is 146 Å². The Balaban J connectivity index is 2.06. The zero-order valence-corrected chi connectivity index (χ0v) is 15.6. The van der Waals surface area contributed by atoms with Gasteiger partial charge in [-0.05, 0) is 41.9 Å². The van der Waals surface area contributed by atoms with Crippen molar-refractivity contribution in [1.82, 2.24) is 4.98 Å². The molecule has 1 aliphatic heterocycles. The fourth-order valence-corrected chi connectivity index (χ4v) is 3.22. The van der Waals surface area contributed by atoms with Gasteiger partial charge in [0.05, 0.1) is 12.3 Å². The highest BCUT2D eigenvalue weighted by molar-refractivity contribution is 9.10. The molecule has 1 aromatic rings. The van der Waals surface area contributed by atoms with E-state index in [4.69, 9.17) is 9.57 Å². The van der Waals surface area contributed by atoms with E-state index in [0.29, 0.717) is 6.42 Å². The minimum Gasteiger partial charge on any atom is -0.465 e. The first-order valence-corrected chi connectivity index (χ1v) is 9.57. The van der Waals surface area contributed by atoms with Crippen molar-refractivity contribution in [3.05, 3.63) is 28.5 Å². The summed E-state index contributed by atoms with van der Waals surface area (Å²) >= 11 is 3.33. The second-order valence-electron chi connectivity index (χ2n) is 5.44.